The molecule has 2 aliphatic rings. The highest BCUT2D eigenvalue weighted by atomic mass is 16.6. The summed E-state index contributed by atoms with van der Waals surface area (Å²) in [5.74, 6) is 2.71. The highest BCUT2D eigenvalue weighted by Gasteiger charge is 2.20. The fraction of sp³-hybridized carbons (Fsp3) is 0.226. The first-order chi connectivity index (χ1) is 18.5. The van der Waals surface area contributed by atoms with E-state index in [-0.39, 0.29) is 11.4 Å². The van der Waals surface area contributed by atoms with E-state index in [4.69, 9.17) is 18.9 Å². The van der Waals surface area contributed by atoms with Crippen LogP contribution in [0.5, 0.6) is 28.7 Å². The molecular weight excluding hydrogens is 482 g/mol. The number of hydrogen-bond acceptors (Lipinski definition) is 6. The lowest BCUT2D eigenvalue weighted by Crippen LogP contribution is -2.02. The van der Waals surface area contributed by atoms with E-state index in [2.05, 4.69) is 18.2 Å². The van der Waals surface area contributed by atoms with E-state index >= 15 is 0 Å². The van der Waals surface area contributed by atoms with E-state index in [0.29, 0.717) is 24.3 Å². The van der Waals surface area contributed by atoms with Gasteiger partial charge in [-0.3, -0.25) is 10.1 Å². The number of fused-ring (bicyclic) bond motifs is 4. The Kier molecular flexibility index (Phi) is 7.18. The van der Waals surface area contributed by atoms with E-state index in [0.717, 1.165) is 52.2 Å². The van der Waals surface area contributed by atoms with Gasteiger partial charge in [-0.05, 0) is 102 Å². The maximum absolute atomic E-state index is 12.0. The molecule has 4 aromatic carbocycles. The summed E-state index contributed by atoms with van der Waals surface area (Å²) in [6.07, 6.45) is 2.79. The number of hydrogen-bond donors (Lipinski definition) is 0. The van der Waals surface area contributed by atoms with Gasteiger partial charge >= 0.3 is 5.69 Å². The predicted octanol–water partition coefficient (Wildman–Crippen LogP) is 6.96. The summed E-state index contributed by atoms with van der Waals surface area (Å²) >= 11 is 0. The molecule has 0 spiro atoms. The minimum atomic E-state index is -0.404. The summed E-state index contributed by atoms with van der Waals surface area (Å²) in [7, 11) is 4.88. The van der Waals surface area contributed by atoms with Gasteiger partial charge in [0, 0.05) is 6.07 Å². The van der Waals surface area contributed by atoms with Crippen LogP contribution in [0.3, 0.4) is 0 Å². The summed E-state index contributed by atoms with van der Waals surface area (Å²) in [6.45, 7) is 0. The Bertz CT molecular complexity index is 1500. The van der Waals surface area contributed by atoms with Gasteiger partial charge in [-0.2, -0.15) is 0 Å². The Morgan fingerprint density at radius 3 is 1.79 bits per heavy atom. The van der Waals surface area contributed by atoms with Crippen molar-refractivity contribution in [2.75, 3.05) is 21.3 Å². The molecule has 7 nitrogen and oxygen atoms in total. The topological polar surface area (TPSA) is 80.1 Å². The van der Waals surface area contributed by atoms with Crippen LogP contribution in [0.15, 0.2) is 72.8 Å². The molecule has 0 amide bonds. The Morgan fingerprint density at radius 1 is 0.658 bits per heavy atom. The van der Waals surface area contributed by atoms with E-state index in [9.17, 15) is 10.1 Å². The fourth-order valence-corrected chi connectivity index (χ4v) is 4.91. The van der Waals surface area contributed by atoms with Gasteiger partial charge in [0.25, 0.3) is 0 Å². The van der Waals surface area contributed by atoms with Crippen LogP contribution in [0.2, 0.25) is 0 Å². The van der Waals surface area contributed by atoms with Gasteiger partial charge in [-0.15, -0.1) is 0 Å². The van der Waals surface area contributed by atoms with Gasteiger partial charge in [-0.25, -0.2) is 0 Å². The minimum Gasteiger partial charge on any atom is -0.497 e. The number of nitrogens with zero attached hydrogens (tertiary/aromatic N) is 1. The SMILES string of the molecule is COc1ccc2c(c1)CCc1ccc(OC)c(c1)Oc1ccc(cc1[N+](=O)[O-])CCc1cc(OC)ccc1-2. The summed E-state index contributed by atoms with van der Waals surface area (Å²) in [5, 5.41) is 12.0. The van der Waals surface area contributed by atoms with E-state index in [1.165, 1.54) is 5.56 Å². The summed E-state index contributed by atoms with van der Waals surface area (Å²) in [6, 6.07) is 23.1. The Morgan fingerprint density at radius 2 is 1.24 bits per heavy atom. The number of benzene rings is 4. The van der Waals surface area contributed by atoms with Gasteiger partial charge in [0.1, 0.15) is 11.5 Å². The van der Waals surface area contributed by atoms with E-state index in [1.807, 2.05) is 42.5 Å². The molecule has 2 heterocycles. The molecule has 0 N–H and O–H groups in total. The summed E-state index contributed by atoms with van der Waals surface area (Å²) < 4.78 is 22.6. The third-order valence-electron chi connectivity index (χ3n) is 6.95. The predicted molar refractivity (Wildman–Crippen MR) is 146 cm³/mol. The van der Waals surface area contributed by atoms with Crippen LogP contribution in [-0.4, -0.2) is 26.3 Å². The van der Waals surface area contributed by atoms with Crippen LogP contribution in [0.1, 0.15) is 22.3 Å². The number of nitro groups is 1. The second-order valence-electron chi connectivity index (χ2n) is 9.19. The molecule has 2 aliphatic heterocycles. The third-order valence-corrected chi connectivity index (χ3v) is 6.95. The highest BCUT2D eigenvalue weighted by Crippen LogP contribution is 2.39. The first-order valence-electron chi connectivity index (χ1n) is 12.5. The van der Waals surface area contributed by atoms with Crippen LogP contribution in [0, 0.1) is 10.1 Å². The monoisotopic (exact) mass is 511 g/mol. The zero-order valence-electron chi connectivity index (χ0n) is 21.7. The van der Waals surface area contributed by atoms with Crippen LogP contribution >= 0.6 is 0 Å². The van der Waals surface area contributed by atoms with Gasteiger partial charge in [0.05, 0.1) is 26.3 Å². The summed E-state index contributed by atoms with van der Waals surface area (Å²) in [5.41, 5.74) is 6.31. The first-order valence-corrected chi connectivity index (χ1v) is 12.5. The molecule has 7 heteroatoms. The molecule has 194 valence electrons. The number of rotatable bonds is 4. The Hall–Kier alpha value is -4.52. The van der Waals surface area contributed by atoms with E-state index < -0.39 is 4.92 Å². The molecule has 6 rings (SSSR count). The van der Waals surface area contributed by atoms with Gasteiger partial charge in [0.2, 0.25) is 5.75 Å². The standard InChI is InChI=1S/C31H29NO6/c1-35-24-10-12-26-22(18-24)8-4-20-6-14-29(28(16-20)32(33)34)38-31-17-21(7-15-30(31)37-3)5-9-23-19-25(36-2)11-13-27(23)26/h6-7,10-19H,4-5,8-9H2,1-3H3. The van der Waals surface area contributed by atoms with Crippen molar-refractivity contribution >= 4 is 5.69 Å². The lowest BCUT2D eigenvalue weighted by atomic mass is 9.89. The molecule has 0 saturated heterocycles. The Balaban J connectivity index is 1.69. The number of ether oxygens (including phenoxy) is 4. The maximum atomic E-state index is 12.0. The van der Waals surface area contributed by atoms with Crippen molar-refractivity contribution in [2.45, 2.75) is 25.7 Å². The van der Waals surface area contributed by atoms with Crippen LogP contribution in [-0.2, 0) is 25.7 Å². The quantitative estimate of drug-likeness (QED) is 0.218. The normalized spacial score (nSPS) is 12.6. The van der Waals surface area contributed by atoms with Crippen molar-refractivity contribution in [1.82, 2.24) is 0 Å². The van der Waals surface area contributed by atoms with Gasteiger partial charge in [-0.1, -0.05) is 24.3 Å². The molecule has 0 radical (unpaired) electrons. The van der Waals surface area contributed by atoms with Crippen molar-refractivity contribution in [2.24, 2.45) is 0 Å². The van der Waals surface area contributed by atoms with E-state index in [1.54, 1.807) is 33.5 Å². The molecule has 0 aromatic heterocycles. The molecule has 0 atom stereocenters. The highest BCUT2D eigenvalue weighted by molar-refractivity contribution is 5.73. The molecule has 4 aromatic rings. The molecule has 4 bridgehead atoms. The zero-order chi connectivity index (χ0) is 26.6. The zero-order valence-corrected chi connectivity index (χ0v) is 21.7. The molecular formula is C31H29NO6. The second kappa shape index (κ2) is 10.8. The van der Waals surface area contributed by atoms with Crippen molar-refractivity contribution in [3.63, 3.8) is 0 Å². The lowest BCUT2D eigenvalue weighted by Gasteiger charge is -2.18. The average Bonchev–Trinajstić information content (AvgIpc) is 2.94. The molecule has 0 fully saturated rings. The largest absolute Gasteiger partial charge is 0.497 e. The maximum Gasteiger partial charge on any atom is 0.311 e. The van der Waals surface area contributed by atoms with Crippen LogP contribution < -0.4 is 18.9 Å². The molecule has 0 aliphatic carbocycles. The number of nitro benzene ring substituents is 1. The van der Waals surface area contributed by atoms with Gasteiger partial charge in [0.15, 0.2) is 11.5 Å². The van der Waals surface area contributed by atoms with Gasteiger partial charge < -0.3 is 18.9 Å². The molecule has 38 heavy (non-hydrogen) atoms. The Labute approximate surface area is 221 Å². The number of methoxy groups -OCH3 is 3. The minimum absolute atomic E-state index is 0.0784. The van der Waals surface area contributed by atoms with Crippen LogP contribution in [0.4, 0.5) is 5.69 Å². The average molecular weight is 512 g/mol. The molecule has 0 saturated carbocycles. The fourth-order valence-electron chi connectivity index (χ4n) is 4.91. The smallest absolute Gasteiger partial charge is 0.311 e. The second-order valence-corrected chi connectivity index (χ2v) is 9.19. The third kappa shape index (κ3) is 5.13. The summed E-state index contributed by atoms with van der Waals surface area (Å²) in [4.78, 5) is 11.6. The van der Waals surface area contributed by atoms with Crippen molar-refractivity contribution in [1.29, 1.82) is 0 Å². The van der Waals surface area contributed by atoms with Crippen molar-refractivity contribution < 1.29 is 23.9 Å². The van der Waals surface area contributed by atoms with Crippen molar-refractivity contribution in [3.05, 3.63) is 105 Å². The molecule has 0 unspecified atom stereocenters. The van der Waals surface area contributed by atoms with Crippen LogP contribution in [0.25, 0.3) is 11.1 Å². The van der Waals surface area contributed by atoms with Crippen molar-refractivity contribution in [3.8, 4) is 39.9 Å². The first kappa shape index (κ1) is 25.1. The lowest BCUT2D eigenvalue weighted by molar-refractivity contribution is -0.385. The number of aryl methyl sites for hydroxylation is 4.